The van der Waals surface area contributed by atoms with Crippen molar-refractivity contribution in [1.82, 2.24) is 9.97 Å². The average Bonchev–Trinajstić information content (AvgIpc) is 2.79. The van der Waals surface area contributed by atoms with E-state index in [1.54, 1.807) is 38.1 Å². The van der Waals surface area contributed by atoms with Crippen molar-refractivity contribution in [3.05, 3.63) is 59.5 Å². The highest BCUT2D eigenvalue weighted by molar-refractivity contribution is 5.91. The molecule has 0 saturated carbocycles. The van der Waals surface area contributed by atoms with Gasteiger partial charge in [0.25, 0.3) is 0 Å². The Bertz CT molecular complexity index is 1190. The van der Waals surface area contributed by atoms with Crippen LogP contribution in [0, 0.1) is 12.8 Å². The number of rotatable bonds is 7. The summed E-state index contributed by atoms with van der Waals surface area (Å²) in [7, 11) is 1.49. The van der Waals surface area contributed by atoms with Gasteiger partial charge in [0.2, 0.25) is 0 Å². The fraction of sp³-hybridized carbons (Fsp3) is 0.423. The summed E-state index contributed by atoms with van der Waals surface area (Å²) in [4.78, 5) is 12.5. The maximum absolute atomic E-state index is 14.3. The number of aliphatic imine (C=N–C) groups is 1. The predicted molar refractivity (Wildman–Crippen MR) is 128 cm³/mol. The van der Waals surface area contributed by atoms with Crippen molar-refractivity contribution >= 4 is 22.8 Å². The third kappa shape index (κ3) is 4.92. The van der Waals surface area contributed by atoms with Gasteiger partial charge in [0.1, 0.15) is 11.6 Å². The second-order valence-corrected chi connectivity index (χ2v) is 8.94. The predicted octanol–water partition coefficient (Wildman–Crippen LogP) is 6.51. The Morgan fingerprint density at radius 1 is 1.09 bits per heavy atom. The Labute approximate surface area is 197 Å². The molecule has 0 spiro atoms. The van der Waals surface area contributed by atoms with Crippen molar-refractivity contribution in [2.45, 2.75) is 58.2 Å². The summed E-state index contributed by atoms with van der Waals surface area (Å²) in [6.07, 6.45) is -2.84. The van der Waals surface area contributed by atoms with E-state index in [2.05, 4.69) is 15.0 Å². The molecule has 3 unspecified atom stereocenters. The van der Waals surface area contributed by atoms with Crippen LogP contribution in [0.25, 0.3) is 10.9 Å². The number of ether oxygens (including phenoxy) is 1. The smallest absolute Gasteiger partial charge is 0.422 e. The summed E-state index contributed by atoms with van der Waals surface area (Å²) in [5.74, 6) is -0.673. The Morgan fingerprint density at radius 2 is 1.79 bits per heavy atom. The fourth-order valence-electron chi connectivity index (χ4n) is 3.98. The van der Waals surface area contributed by atoms with Gasteiger partial charge in [-0.15, -0.1) is 0 Å². The summed E-state index contributed by atoms with van der Waals surface area (Å²) < 4.78 is 48.2. The second-order valence-electron chi connectivity index (χ2n) is 8.94. The van der Waals surface area contributed by atoms with Gasteiger partial charge in [-0.3, -0.25) is 4.99 Å². The van der Waals surface area contributed by atoms with Crippen LogP contribution in [0.1, 0.15) is 56.5 Å². The molecule has 5 nitrogen and oxygen atoms in total. The number of halogens is 3. The minimum absolute atomic E-state index is 0.239. The van der Waals surface area contributed by atoms with Crippen molar-refractivity contribution in [2.24, 2.45) is 10.9 Å². The molecule has 0 aliphatic rings. The minimum Gasteiger partial charge on any atom is -0.496 e. The standard InChI is InChI=1S/C26H30F3N3O2/c1-15(2)19-10-11-20(24(12-19)34-6)16(3)17(4)25(33,26(27,28)29)14-31-22-8-7-9-23-21(22)13-30-18(5)32-23/h7-17,33H,1-6H3. The number of aromatic nitrogens is 2. The number of alkyl halides is 3. The molecule has 0 amide bonds. The van der Waals surface area contributed by atoms with Gasteiger partial charge in [0.05, 0.1) is 18.3 Å². The Morgan fingerprint density at radius 3 is 2.41 bits per heavy atom. The molecule has 182 valence electrons. The van der Waals surface area contributed by atoms with Gasteiger partial charge in [-0.1, -0.05) is 45.9 Å². The Hall–Kier alpha value is -3.00. The summed E-state index contributed by atoms with van der Waals surface area (Å²) in [6.45, 7) is 8.80. The molecule has 3 rings (SSSR count). The molecule has 3 aromatic rings. The number of nitrogens with zero attached hydrogens (tertiary/aromatic N) is 3. The van der Waals surface area contributed by atoms with Gasteiger partial charge < -0.3 is 9.84 Å². The highest BCUT2D eigenvalue weighted by Gasteiger charge is 2.57. The zero-order chi connectivity index (χ0) is 25.3. The molecule has 3 atom stereocenters. The van der Waals surface area contributed by atoms with Gasteiger partial charge >= 0.3 is 6.18 Å². The number of aliphatic hydroxyl groups is 1. The third-order valence-electron chi connectivity index (χ3n) is 6.44. The summed E-state index contributed by atoms with van der Waals surface area (Å²) >= 11 is 0. The number of fused-ring (bicyclic) bond motifs is 1. The number of hydrogen-bond donors (Lipinski definition) is 1. The quantitative estimate of drug-likeness (QED) is 0.398. The molecular formula is C26H30F3N3O2. The molecular weight excluding hydrogens is 443 g/mol. The summed E-state index contributed by atoms with van der Waals surface area (Å²) in [6, 6.07) is 10.4. The van der Waals surface area contributed by atoms with Crippen LogP contribution in [0.4, 0.5) is 18.9 Å². The van der Waals surface area contributed by atoms with Crippen molar-refractivity contribution in [2.75, 3.05) is 7.11 Å². The van der Waals surface area contributed by atoms with Crippen LogP contribution in [-0.2, 0) is 0 Å². The van der Waals surface area contributed by atoms with Gasteiger partial charge in [-0.2, -0.15) is 13.2 Å². The fourth-order valence-corrected chi connectivity index (χ4v) is 3.98. The highest BCUT2D eigenvalue weighted by Crippen LogP contribution is 2.44. The molecule has 0 bridgehead atoms. The van der Waals surface area contributed by atoms with E-state index in [4.69, 9.17) is 4.74 Å². The first kappa shape index (κ1) is 25.6. The number of benzene rings is 2. The van der Waals surface area contributed by atoms with Crippen LogP contribution in [0.15, 0.2) is 47.6 Å². The van der Waals surface area contributed by atoms with Gasteiger partial charge in [-0.25, -0.2) is 9.97 Å². The SMILES string of the molecule is COc1cc(C(C)C)ccc1C(C)C(C)C(O)(C=Nc1cccc2nc(C)ncc12)C(F)(F)F. The number of aryl methyl sites for hydroxylation is 1. The molecule has 0 fully saturated rings. The lowest BCUT2D eigenvalue weighted by Crippen LogP contribution is -2.53. The van der Waals surface area contributed by atoms with E-state index >= 15 is 0 Å². The van der Waals surface area contributed by atoms with Crippen molar-refractivity contribution in [1.29, 1.82) is 0 Å². The van der Waals surface area contributed by atoms with E-state index in [0.29, 0.717) is 34.3 Å². The monoisotopic (exact) mass is 473 g/mol. The Balaban J connectivity index is 2.03. The second kappa shape index (κ2) is 9.70. The Kier molecular flexibility index (Phi) is 7.31. The maximum Gasteiger partial charge on any atom is 0.422 e. The summed E-state index contributed by atoms with van der Waals surface area (Å²) in [5.41, 5.74) is -0.763. The van der Waals surface area contributed by atoms with Gasteiger partial charge in [0, 0.05) is 23.7 Å². The minimum atomic E-state index is -4.95. The average molecular weight is 474 g/mol. The molecule has 1 N–H and O–H groups in total. The molecule has 0 aliphatic heterocycles. The topological polar surface area (TPSA) is 67.6 Å². The molecule has 1 aromatic heterocycles. The van der Waals surface area contributed by atoms with Crippen LogP contribution in [-0.4, -0.2) is 40.2 Å². The van der Waals surface area contributed by atoms with E-state index in [-0.39, 0.29) is 11.6 Å². The van der Waals surface area contributed by atoms with Crippen LogP contribution in [0.2, 0.25) is 0 Å². The zero-order valence-electron chi connectivity index (χ0n) is 20.2. The lowest BCUT2D eigenvalue weighted by Gasteiger charge is -2.36. The van der Waals surface area contributed by atoms with E-state index in [1.165, 1.54) is 20.2 Å². The lowest BCUT2D eigenvalue weighted by atomic mass is 9.76. The van der Waals surface area contributed by atoms with E-state index in [1.807, 2.05) is 26.0 Å². The number of hydrogen-bond acceptors (Lipinski definition) is 5. The maximum atomic E-state index is 14.3. The normalized spacial score (nSPS) is 16.1. The first-order valence-corrected chi connectivity index (χ1v) is 11.1. The molecule has 0 radical (unpaired) electrons. The van der Waals surface area contributed by atoms with Gasteiger partial charge in [0.15, 0.2) is 5.60 Å². The highest BCUT2D eigenvalue weighted by atomic mass is 19.4. The largest absolute Gasteiger partial charge is 0.496 e. The molecule has 0 aliphatic carbocycles. The van der Waals surface area contributed by atoms with E-state index in [0.717, 1.165) is 5.56 Å². The van der Waals surface area contributed by atoms with Crippen LogP contribution in [0.5, 0.6) is 5.75 Å². The molecule has 2 aromatic carbocycles. The zero-order valence-corrected chi connectivity index (χ0v) is 20.2. The van der Waals surface area contributed by atoms with Crippen molar-refractivity contribution in [3.8, 4) is 5.75 Å². The van der Waals surface area contributed by atoms with E-state index < -0.39 is 23.6 Å². The van der Waals surface area contributed by atoms with Gasteiger partial charge in [-0.05, 0) is 48.1 Å². The van der Waals surface area contributed by atoms with Crippen LogP contribution < -0.4 is 4.74 Å². The third-order valence-corrected chi connectivity index (χ3v) is 6.44. The molecule has 34 heavy (non-hydrogen) atoms. The van der Waals surface area contributed by atoms with Crippen molar-refractivity contribution in [3.63, 3.8) is 0 Å². The number of methoxy groups -OCH3 is 1. The first-order valence-electron chi connectivity index (χ1n) is 11.1. The van der Waals surface area contributed by atoms with Crippen LogP contribution >= 0.6 is 0 Å². The molecule has 8 heteroatoms. The van der Waals surface area contributed by atoms with Crippen LogP contribution in [0.3, 0.4) is 0 Å². The lowest BCUT2D eigenvalue weighted by molar-refractivity contribution is -0.246. The molecule has 0 saturated heterocycles. The summed E-state index contributed by atoms with van der Waals surface area (Å²) in [5, 5.41) is 11.5. The van der Waals surface area contributed by atoms with E-state index in [9.17, 15) is 18.3 Å². The van der Waals surface area contributed by atoms with Crippen molar-refractivity contribution < 1.29 is 23.0 Å². The molecule has 1 heterocycles. The first-order chi connectivity index (χ1) is 15.9.